The molecule has 0 spiro atoms. The number of imidazole rings is 1. The van der Waals surface area contributed by atoms with Crippen LogP contribution in [0, 0.1) is 0 Å². The van der Waals surface area contributed by atoms with Gasteiger partial charge >= 0.3 is 0 Å². The summed E-state index contributed by atoms with van der Waals surface area (Å²) in [6.07, 6.45) is 4.20. The zero-order chi connectivity index (χ0) is 16.4. The highest BCUT2D eigenvalue weighted by Gasteiger charge is 2.18. The molecular formula is C19H21BrN4. The van der Waals surface area contributed by atoms with Gasteiger partial charge in [0, 0.05) is 56.1 Å². The predicted octanol–water partition coefficient (Wildman–Crippen LogP) is 3.41. The van der Waals surface area contributed by atoms with E-state index in [1.807, 2.05) is 12.1 Å². The molecule has 3 heterocycles. The lowest BCUT2D eigenvalue weighted by molar-refractivity contribution is 0.121. The van der Waals surface area contributed by atoms with Gasteiger partial charge in [-0.1, -0.05) is 34.1 Å². The minimum absolute atomic E-state index is 0.937. The van der Waals surface area contributed by atoms with E-state index >= 15 is 0 Å². The Morgan fingerprint density at radius 3 is 2.46 bits per heavy atom. The van der Waals surface area contributed by atoms with Crippen LogP contribution in [0.5, 0.6) is 0 Å². The van der Waals surface area contributed by atoms with Crippen molar-refractivity contribution < 1.29 is 0 Å². The van der Waals surface area contributed by atoms with E-state index in [1.54, 1.807) is 0 Å². The van der Waals surface area contributed by atoms with Crippen molar-refractivity contribution in [3.8, 4) is 0 Å². The molecule has 0 N–H and O–H groups in total. The van der Waals surface area contributed by atoms with Crippen LogP contribution in [0.1, 0.15) is 11.3 Å². The zero-order valence-corrected chi connectivity index (χ0v) is 15.2. The summed E-state index contributed by atoms with van der Waals surface area (Å²) < 4.78 is 3.25. The van der Waals surface area contributed by atoms with E-state index in [9.17, 15) is 0 Å². The predicted molar refractivity (Wildman–Crippen MR) is 99.9 cm³/mol. The van der Waals surface area contributed by atoms with E-state index < -0.39 is 0 Å². The highest BCUT2D eigenvalue weighted by Crippen LogP contribution is 2.15. The van der Waals surface area contributed by atoms with Crippen LogP contribution < -0.4 is 0 Å². The van der Waals surface area contributed by atoms with Crippen LogP contribution in [-0.2, 0) is 13.1 Å². The molecule has 1 saturated heterocycles. The maximum Gasteiger partial charge on any atom is 0.137 e. The van der Waals surface area contributed by atoms with Gasteiger partial charge in [0.25, 0.3) is 0 Å². The van der Waals surface area contributed by atoms with Crippen molar-refractivity contribution in [2.24, 2.45) is 0 Å². The lowest BCUT2D eigenvalue weighted by Gasteiger charge is -2.34. The first-order valence-corrected chi connectivity index (χ1v) is 9.17. The number of hydrogen-bond donors (Lipinski definition) is 0. The largest absolute Gasteiger partial charge is 0.307 e. The van der Waals surface area contributed by atoms with E-state index in [1.165, 1.54) is 5.56 Å². The van der Waals surface area contributed by atoms with Gasteiger partial charge in [-0.3, -0.25) is 9.80 Å². The SMILES string of the molecule is Brc1cccc(CN2CCN(Cc3cn4ccccc4n3)CC2)c1. The summed E-state index contributed by atoms with van der Waals surface area (Å²) in [5, 5.41) is 0. The van der Waals surface area contributed by atoms with E-state index in [0.29, 0.717) is 0 Å². The smallest absolute Gasteiger partial charge is 0.137 e. The Kier molecular flexibility index (Phi) is 4.65. The van der Waals surface area contributed by atoms with E-state index in [-0.39, 0.29) is 0 Å². The molecule has 1 aromatic carbocycles. The first kappa shape index (κ1) is 15.8. The van der Waals surface area contributed by atoms with Crippen molar-refractivity contribution in [2.75, 3.05) is 26.2 Å². The maximum atomic E-state index is 4.71. The Balaban J connectivity index is 1.32. The molecule has 3 aromatic rings. The molecule has 0 bridgehead atoms. The molecule has 0 unspecified atom stereocenters. The minimum atomic E-state index is 0.937. The van der Waals surface area contributed by atoms with Crippen LogP contribution in [0.2, 0.25) is 0 Å². The van der Waals surface area contributed by atoms with Gasteiger partial charge in [-0.25, -0.2) is 4.98 Å². The third-order valence-corrected chi connectivity index (χ3v) is 5.05. The summed E-state index contributed by atoms with van der Waals surface area (Å²) in [5.41, 5.74) is 3.56. The molecule has 2 aromatic heterocycles. The van der Waals surface area contributed by atoms with Crippen LogP contribution in [0.15, 0.2) is 59.3 Å². The Morgan fingerprint density at radius 2 is 1.71 bits per heavy atom. The third kappa shape index (κ3) is 3.69. The molecule has 0 atom stereocenters. The number of pyridine rings is 1. The average Bonchev–Trinajstić information content (AvgIpc) is 2.99. The summed E-state index contributed by atoms with van der Waals surface area (Å²) in [6, 6.07) is 14.7. The number of hydrogen-bond acceptors (Lipinski definition) is 3. The van der Waals surface area contributed by atoms with Crippen LogP contribution in [0.3, 0.4) is 0 Å². The Bertz CT molecular complexity index is 788. The Hall–Kier alpha value is -1.69. The number of piperazine rings is 1. The summed E-state index contributed by atoms with van der Waals surface area (Å²) in [7, 11) is 0. The second kappa shape index (κ2) is 7.05. The normalized spacial score (nSPS) is 16.7. The molecule has 0 saturated carbocycles. The topological polar surface area (TPSA) is 23.8 Å². The summed E-state index contributed by atoms with van der Waals surface area (Å²) in [5.74, 6) is 0. The number of fused-ring (bicyclic) bond motifs is 1. The molecule has 124 valence electrons. The number of nitrogens with zero attached hydrogens (tertiary/aromatic N) is 4. The second-order valence-corrected chi connectivity index (χ2v) is 7.30. The Labute approximate surface area is 150 Å². The number of benzene rings is 1. The van der Waals surface area contributed by atoms with E-state index in [0.717, 1.165) is 55.1 Å². The fourth-order valence-electron chi connectivity index (χ4n) is 3.29. The average molecular weight is 385 g/mol. The summed E-state index contributed by atoms with van der Waals surface area (Å²) in [6.45, 7) is 6.39. The molecule has 0 radical (unpaired) electrons. The van der Waals surface area contributed by atoms with Crippen molar-refractivity contribution in [3.05, 3.63) is 70.6 Å². The van der Waals surface area contributed by atoms with Gasteiger partial charge in [-0.05, 0) is 29.8 Å². The monoisotopic (exact) mass is 384 g/mol. The molecule has 1 fully saturated rings. The molecular weight excluding hydrogens is 364 g/mol. The van der Waals surface area contributed by atoms with Crippen molar-refractivity contribution in [2.45, 2.75) is 13.1 Å². The van der Waals surface area contributed by atoms with Crippen LogP contribution in [0.25, 0.3) is 5.65 Å². The highest BCUT2D eigenvalue weighted by molar-refractivity contribution is 9.10. The fraction of sp³-hybridized carbons (Fsp3) is 0.316. The van der Waals surface area contributed by atoms with Crippen LogP contribution in [-0.4, -0.2) is 45.4 Å². The van der Waals surface area contributed by atoms with Gasteiger partial charge in [0.2, 0.25) is 0 Å². The first-order chi connectivity index (χ1) is 11.8. The zero-order valence-electron chi connectivity index (χ0n) is 13.6. The molecule has 4 nitrogen and oxygen atoms in total. The molecule has 0 aliphatic carbocycles. The highest BCUT2D eigenvalue weighted by atomic mass is 79.9. The Morgan fingerprint density at radius 1 is 0.917 bits per heavy atom. The number of rotatable bonds is 4. The molecule has 4 rings (SSSR count). The van der Waals surface area contributed by atoms with Gasteiger partial charge in [-0.2, -0.15) is 0 Å². The van der Waals surface area contributed by atoms with E-state index in [4.69, 9.17) is 4.98 Å². The first-order valence-electron chi connectivity index (χ1n) is 8.38. The van der Waals surface area contributed by atoms with Gasteiger partial charge in [0.1, 0.15) is 5.65 Å². The lowest BCUT2D eigenvalue weighted by Crippen LogP contribution is -2.45. The van der Waals surface area contributed by atoms with Crippen molar-refractivity contribution >= 4 is 21.6 Å². The van der Waals surface area contributed by atoms with Crippen LogP contribution in [0.4, 0.5) is 0 Å². The van der Waals surface area contributed by atoms with E-state index in [2.05, 4.69) is 72.9 Å². The fourth-order valence-corrected chi connectivity index (χ4v) is 3.74. The van der Waals surface area contributed by atoms with Gasteiger partial charge in [-0.15, -0.1) is 0 Å². The molecule has 24 heavy (non-hydrogen) atoms. The number of halogens is 1. The van der Waals surface area contributed by atoms with Gasteiger partial charge < -0.3 is 4.40 Å². The second-order valence-electron chi connectivity index (χ2n) is 6.38. The lowest BCUT2D eigenvalue weighted by atomic mass is 10.2. The van der Waals surface area contributed by atoms with Gasteiger partial charge in [0.15, 0.2) is 0 Å². The van der Waals surface area contributed by atoms with Crippen molar-refractivity contribution in [1.29, 1.82) is 0 Å². The number of aromatic nitrogens is 2. The summed E-state index contributed by atoms with van der Waals surface area (Å²) >= 11 is 3.55. The third-order valence-electron chi connectivity index (χ3n) is 4.56. The summed E-state index contributed by atoms with van der Waals surface area (Å²) in [4.78, 5) is 9.73. The molecule has 1 aliphatic rings. The molecule has 0 amide bonds. The maximum absolute atomic E-state index is 4.71. The van der Waals surface area contributed by atoms with Crippen LogP contribution >= 0.6 is 15.9 Å². The standard InChI is InChI=1S/C19H21BrN4/c20-17-5-3-4-16(12-17)13-22-8-10-23(11-9-22)14-18-15-24-7-2-1-6-19(24)21-18/h1-7,12,15H,8-11,13-14H2. The van der Waals surface area contributed by atoms with Gasteiger partial charge in [0.05, 0.1) is 5.69 Å². The van der Waals surface area contributed by atoms with Crippen molar-refractivity contribution in [3.63, 3.8) is 0 Å². The molecule has 1 aliphatic heterocycles. The quantitative estimate of drug-likeness (QED) is 0.688. The molecule has 5 heteroatoms. The van der Waals surface area contributed by atoms with Crippen molar-refractivity contribution in [1.82, 2.24) is 19.2 Å². The minimum Gasteiger partial charge on any atom is -0.307 e.